The van der Waals surface area contributed by atoms with E-state index in [4.69, 9.17) is 0 Å². The van der Waals surface area contributed by atoms with Crippen molar-refractivity contribution in [2.45, 2.75) is 39.8 Å². The second-order valence-electron chi connectivity index (χ2n) is 5.28. The van der Waals surface area contributed by atoms with Gasteiger partial charge in [-0.25, -0.2) is 0 Å². The maximum atomic E-state index is 2.43. The lowest BCUT2D eigenvalue weighted by molar-refractivity contribution is 1.21. The molecule has 1 radical (unpaired) electrons. The Labute approximate surface area is 112 Å². The van der Waals surface area contributed by atoms with Crippen molar-refractivity contribution in [2.75, 3.05) is 0 Å². The Bertz CT molecular complexity index is 464. The van der Waals surface area contributed by atoms with Crippen molar-refractivity contribution in [3.05, 3.63) is 59.2 Å². The first-order valence-electron chi connectivity index (χ1n) is 6.94. The molecule has 0 saturated heterocycles. The third kappa shape index (κ3) is 2.12. The molecule has 18 heavy (non-hydrogen) atoms. The minimum absolute atomic E-state index is 1.29. The maximum absolute atomic E-state index is 2.43. The Morgan fingerprint density at radius 3 is 1.94 bits per heavy atom. The van der Waals surface area contributed by atoms with Crippen LogP contribution < -0.4 is 5.19 Å². The first kappa shape index (κ1) is 13.4. The summed E-state index contributed by atoms with van der Waals surface area (Å²) in [4.78, 5) is 0. The van der Waals surface area contributed by atoms with Crippen LogP contribution in [0, 0.1) is 5.54 Å². The van der Waals surface area contributed by atoms with Crippen molar-refractivity contribution in [1.82, 2.24) is 0 Å². The summed E-state index contributed by atoms with van der Waals surface area (Å²) in [6.07, 6.45) is 4.77. The summed E-state index contributed by atoms with van der Waals surface area (Å²) in [6.45, 7) is 9.22. The van der Waals surface area contributed by atoms with Crippen LogP contribution in [0.3, 0.4) is 0 Å². The first-order chi connectivity index (χ1) is 8.64. The van der Waals surface area contributed by atoms with Crippen LogP contribution in [0.2, 0.25) is 12.1 Å². The molecule has 1 aliphatic carbocycles. The summed E-state index contributed by atoms with van der Waals surface area (Å²) in [5, 5.41) is 1.59. The Morgan fingerprint density at radius 1 is 0.889 bits per heavy atom. The molecule has 0 N–H and O–H groups in total. The molecule has 0 saturated carbocycles. The quantitative estimate of drug-likeness (QED) is 0.699. The fourth-order valence-electron chi connectivity index (χ4n) is 3.27. The second-order valence-corrected chi connectivity index (χ2v) is 9.98. The molecule has 2 rings (SSSR count). The maximum Gasteiger partial charge on any atom is 0.102 e. The molecule has 0 aromatic heterocycles. The zero-order valence-electron chi connectivity index (χ0n) is 12.0. The highest BCUT2D eigenvalue weighted by Crippen LogP contribution is 2.37. The zero-order valence-corrected chi connectivity index (χ0v) is 13.0. The van der Waals surface area contributed by atoms with E-state index in [0.29, 0.717) is 0 Å². The fraction of sp³-hybridized carbons (Fsp3) is 0.353. The van der Waals surface area contributed by atoms with Gasteiger partial charge >= 0.3 is 0 Å². The molecule has 0 amide bonds. The summed E-state index contributed by atoms with van der Waals surface area (Å²) >= 11 is 0. The van der Waals surface area contributed by atoms with E-state index in [1.54, 1.807) is 10.7 Å². The van der Waals surface area contributed by atoms with Gasteiger partial charge in [-0.1, -0.05) is 84.8 Å². The number of rotatable bonds is 4. The van der Waals surface area contributed by atoms with Crippen molar-refractivity contribution in [2.24, 2.45) is 0 Å². The standard InChI is InChI=1S/C17H23Si/c1-5-18(6-2,16-10-8-7-9-11-16)17-13-14(3)12-15(17)4/h7-13H,5-6H2,1-4H3. The third-order valence-electron chi connectivity index (χ3n) is 4.29. The molecule has 0 unspecified atom stereocenters. The molecule has 0 aliphatic heterocycles. The van der Waals surface area contributed by atoms with E-state index in [-0.39, 0.29) is 0 Å². The van der Waals surface area contributed by atoms with Crippen molar-refractivity contribution in [1.29, 1.82) is 0 Å². The Kier molecular flexibility index (Phi) is 3.91. The lowest BCUT2D eigenvalue weighted by Crippen LogP contribution is -2.51. The van der Waals surface area contributed by atoms with E-state index in [9.17, 15) is 0 Å². The van der Waals surface area contributed by atoms with E-state index in [1.807, 2.05) is 0 Å². The highest BCUT2D eigenvalue weighted by atomic mass is 28.3. The van der Waals surface area contributed by atoms with Crippen LogP contribution in [0.1, 0.15) is 27.7 Å². The second kappa shape index (κ2) is 5.27. The molecular weight excluding hydrogens is 232 g/mol. The number of hydrogen-bond donors (Lipinski definition) is 0. The van der Waals surface area contributed by atoms with Crippen molar-refractivity contribution in [3.8, 4) is 0 Å². The summed E-state index contributed by atoms with van der Waals surface area (Å²) in [7, 11) is -1.52. The van der Waals surface area contributed by atoms with Crippen LogP contribution in [0.5, 0.6) is 0 Å². The predicted molar refractivity (Wildman–Crippen MR) is 83.5 cm³/mol. The Balaban J connectivity index is 2.49. The van der Waals surface area contributed by atoms with E-state index in [1.165, 1.54) is 23.2 Å². The van der Waals surface area contributed by atoms with Crippen LogP contribution in [0.15, 0.2) is 53.6 Å². The van der Waals surface area contributed by atoms with Gasteiger partial charge in [-0.2, -0.15) is 0 Å². The first-order valence-corrected chi connectivity index (χ1v) is 9.35. The Morgan fingerprint density at radius 2 is 1.50 bits per heavy atom. The molecule has 1 aliphatic rings. The van der Waals surface area contributed by atoms with Gasteiger partial charge in [0.2, 0.25) is 0 Å². The van der Waals surface area contributed by atoms with Crippen LogP contribution in [0.4, 0.5) is 0 Å². The van der Waals surface area contributed by atoms with Gasteiger partial charge in [0.1, 0.15) is 8.07 Å². The Hall–Kier alpha value is -1.08. The average molecular weight is 255 g/mol. The molecule has 0 atom stereocenters. The molecular formula is C17H23Si. The third-order valence-corrected chi connectivity index (χ3v) is 9.71. The van der Waals surface area contributed by atoms with Crippen molar-refractivity contribution < 1.29 is 0 Å². The van der Waals surface area contributed by atoms with Gasteiger partial charge in [-0.05, 0) is 13.8 Å². The molecule has 0 fully saturated rings. The molecule has 0 spiro atoms. The molecule has 1 aromatic rings. The number of hydrogen-bond acceptors (Lipinski definition) is 0. The average Bonchev–Trinajstić information content (AvgIpc) is 2.73. The summed E-state index contributed by atoms with van der Waals surface area (Å²) < 4.78 is 0. The molecule has 0 nitrogen and oxygen atoms in total. The lowest BCUT2D eigenvalue weighted by Gasteiger charge is -2.36. The van der Waals surface area contributed by atoms with Crippen LogP contribution in [-0.2, 0) is 0 Å². The smallest absolute Gasteiger partial charge is 0.0728 e. The minimum Gasteiger partial charge on any atom is -0.0728 e. The van der Waals surface area contributed by atoms with Gasteiger partial charge in [0.25, 0.3) is 0 Å². The topological polar surface area (TPSA) is 0 Å². The zero-order chi connectivity index (χ0) is 13.2. The lowest BCUT2D eigenvalue weighted by atomic mass is 10.3. The van der Waals surface area contributed by atoms with Gasteiger partial charge in [0, 0.05) is 5.54 Å². The molecule has 1 aromatic carbocycles. The highest BCUT2D eigenvalue weighted by Gasteiger charge is 2.41. The van der Waals surface area contributed by atoms with Gasteiger partial charge in [-0.3, -0.25) is 0 Å². The number of allylic oxidation sites excluding steroid dienone is 4. The van der Waals surface area contributed by atoms with Gasteiger partial charge in [0.15, 0.2) is 0 Å². The van der Waals surface area contributed by atoms with Gasteiger partial charge < -0.3 is 0 Å². The summed E-state index contributed by atoms with van der Waals surface area (Å²) in [6, 6.07) is 13.7. The normalized spacial score (nSPS) is 16.7. The van der Waals surface area contributed by atoms with Crippen molar-refractivity contribution in [3.63, 3.8) is 0 Å². The highest BCUT2D eigenvalue weighted by molar-refractivity contribution is 6.97. The molecule has 0 bridgehead atoms. The predicted octanol–water partition coefficient (Wildman–Crippen LogP) is 4.40. The largest absolute Gasteiger partial charge is 0.102 e. The monoisotopic (exact) mass is 255 g/mol. The molecule has 1 heteroatoms. The van der Waals surface area contributed by atoms with Crippen LogP contribution in [0.25, 0.3) is 0 Å². The van der Waals surface area contributed by atoms with Crippen LogP contribution in [-0.4, -0.2) is 8.07 Å². The van der Waals surface area contributed by atoms with Crippen molar-refractivity contribution >= 4 is 13.3 Å². The van der Waals surface area contributed by atoms with Gasteiger partial charge in [0.05, 0.1) is 0 Å². The van der Waals surface area contributed by atoms with E-state index in [2.05, 4.69) is 70.2 Å². The summed E-state index contributed by atoms with van der Waals surface area (Å²) in [5.41, 5.74) is 4.56. The van der Waals surface area contributed by atoms with E-state index < -0.39 is 8.07 Å². The fourth-order valence-corrected chi connectivity index (χ4v) is 7.82. The van der Waals surface area contributed by atoms with Gasteiger partial charge in [-0.15, -0.1) is 0 Å². The van der Waals surface area contributed by atoms with Crippen LogP contribution >= 0.6 is 0 Å². The molecule has 0 heterocycles. The van der Waals surface area contributed by atoms with E-state index >= 15 is 0 Å². The van der Waals surface area contributed by atoms with E-state index in [0.717, 1.165) is 0 Å². The summed E-state index contributed by atoms with van der Waals surface area (Å²) in [5.74, 6) is 0. The molecule has 95 valence electrons. The SMILES string of the molecule is CC[Si](CC)([C]1C=C(C)C=C1C)c1ccccc1. The number of benzene rings is 1. The minimum atomic E-state index is -1.52.